The van der Waals surface area contributed by atoms with Crippen molar-refractivity contribution >= 4 is 29.4 Å². The average molecular weight is 472 g/mol. The Morgan fingerprint density at radius 3 is 1.91 bits per heavy atom. The second-order valence-corrected chi connectivity index (χ2v) is 8.85. The van der Waals surface area contributed by atoms with Crippen molar-refractivity contribution < 1.29 is 29.4 Å². The lowest BCUT2D eigenvalue weighted by atomic mass is 9.86. The van der Waals surface area contributed by atoms with Crippen LogP contribution in [0.1, 0.15) is 53.5 Å². The molecule has 0 unspecified atom stereocenters. The van der Waals surface area contributed by atoms with Gasteiger partial charge in [-0.15, -0.1) is 0 Å². The minimum Gasteiger partial charge on any atom is -0.473 e. The van der Waals surface area contributed by atoms with Gasteiger partial charge in [-0.1, -0.05) is 45.0 Å². The van der Waals surface area contributed by atoms with E-state index in [0.717, 1.165) is 13.0 Å². The number of anilines is 1. The third-order valence-electron chi connectivity index (χ3n) is 4.68. The van der Waals surface area contributed by atoms with Crippen molar-refractivity contribution in [3.63, 3.8) is 0 Å². The van der Waals surface area contributed by atoms with E-state index in [1.54, 1.807) is 24.3 Å². The summed E-state index contributed by atoms with van der Waals surface area (Å²) in [6, 6.07) is 14.6. The molecule has 9 heteroatoms. The second-order valence-electron chi connectivity index (χ2n) is 8.85. The number of amides is 2. The first kappa shape index (κ1) is 28.3. The molecule has 0 aliphatic heterocycles. The first-order chi connectivity index (χ1) is 15.8. The molecule has 0 aliphatic rings. The Bertz CT molecular complexity index is 982. The highest BCUT2D eigenvalue weighted by atomic mass is 16.4. The largest absolute Gasteiger partial charge is 0.473 e. The number of benzene rings is 2. The standard InChI is InChI=1S/C23H31N3O2.C2H2O4/c1-23(2,3)18-13-11-17(12-14-18)21(27)25-20-10-7-6-9-19(20)22(28)24-15-8-16-26(4)5;3-1(4)2(5)6/h6-7,9-14H,8,15-16H2,1-5H3,(H,24,28)(H,25,27);(H,3,4)(H,5,6). The van der Waals surface area contributed by atoms with Gasteiger partial charge in [-0.3, -0.25) is 9.59 Å². The first-order valence-corrected chi connectivity index (χ1v) is 10.7. The van der Waals surface area contributed by atoms with E-state index in [1.807, 2.05) is 38.4 Å². The number of carbonyl (C=O) groups is 4. The van der Waals surface area contributed by atoms with Crippen LogP contribution in [-0.2, 0) is 15.0 Å². The number of rotatable bonds is 7. The van der Waals surface area contributed by atoms with Crippen LogP contribution in [0.15, 0.2) is 48.5 Å². The minimum absolute atomic E-state index is 0.0340. The molecular formula is C25H33N3O6. The number of carbonyl (C=O) groups excluding carboxylic acids is 2. The highest BCUT2D eigenvalue weighted by Crippen LogP contribution is 2.23. The summed E-state index contributed by atoms with van der Waals surface area (Å²) >= 11 is 0. The predicted molar refractivity (Wildman–Crippen MR) is 130 cm³/mol. The fourth-order valence-corrected chi connectivity index (χ4v) is 2.80. The zero-order chi connectivity index (χ0) is 25.9. The molecule has 2 amide bonds. The summed E-state index contributed by atoms with van der Waals surface area (Å²) in [7, 11) is 4.00. The van der Waals surface area contributed by atoms with Gasteiger partial charge in [0.15, 0.2) is 0 Å². The number of carboxylic acid groups (broad SMARTS) is 2. The van der Waals surface area contributed by atoms with E-state index < -0.39 is 11.9 Å². The quantitative estimate of drug-likeness (QED) is 0.360. The third-order valence-corrected chi connectivity index (χ3v) is 4.68. The highest BCUT2D eigenvalue weighted by molar-refractivity contribution is 6.27. The van der Waals surface area contributed by atoms with Crippen LogP contribution in [0.3, 0.4) is 0 Å². The molecule has 0 heterocycles. The van der Waals surface area contributed by atoms with Crippen molar-refractivity contribution in [2.75, 3.05) is 32.5 Å². The van der Waals surface area contributed by atoms with Crippen molar-refractivity contribution in [1.29, 1.82) is 0 Å². The van der Waals surface area contributed by atoms with Gasteiger partial charge in [-0.05, 0) is 62.3 Å². The van der Waals surface area contributed by atoms with E-state index in [2.05, 4.69) is 36.3 Å². The zero-order valence-corrected chi connectivity index (χ0v) is 20.2. The van der Waals surface area contributed by atoms with Gasteiger partial charge in [0.05, 0.1) is 11.3 Å². The van der Waals surface area contributed by atoms with Crippen LogP contribution in [0.5, 0.6) is 0 Å². The Morgan fingerprint density at radius 1 is 0.853 bits per heavy atom. The maximum atomic E-state index is 12.6. The molecule has 0 aliphatic carbocycles. The molecule has 184 valence electrons. The molecule has 2 aromatic rings. The smallest absolute Gasteiger partial charge is 0.414 e. The van der Waals surface area contributed by atoms with Crippen molar-refractivity contribution in [2.24, 2.45) is 0 Å². The van der Waals surface area contributed by atoms with Gasteiger partial charge < -0.3 is 25.7 Å². The fourth-order valence-electron chi connectivity index (χ4n) is 2.80. The third kappa shape index (κ3) is 9.83. The van der Waals surface area contributed by atoms with Gasteiger partial charge in [-0.25, -0.2) is 9.59 Å². The summed E-state index contributed by atoms with van der Waals surface area (Å²) in [4.78, 5) is 45.4. The number of hydrogen-bond donors (Lipinski definition) is 4. The van der Waals surface area contributed by atoms with Crippen LogP contribution in [0.25, 0.3) is 0 Å². The van der Waals surface area contributed by atoms with E-state index >= 15 is 0 Å². The molecule has 2 rings (SSSR count). The molecular weight excluding hydrogens is 438 g/mol. The maximum Gasteiger partial charge on any atom is 0.414 e. The maximum absolute atomic E-state index is 12.6. The number of para-hydroxylation sites is 1. The predicted octanol–water partition coefficient (Wildman–Crippen LogP) is 3.07. The lowest BCUT2D eigenvalue weighted by Crippen LogP contribution is -2.28. The van der Waals surface area contributed by atoms with E-state index in [4.69, 9.17) is 19.8 Å². The van der Waals surface area contributed by atoms with E-state index in [9.17, 15) is 9.59 Å². The molecule has 0 spiro atoms. The van der Waals surface area contributed by atoms with Gasteiger partial charge in [0.2, 0.25) is 0 Å². The normalized spacial score (nSPS) is 10.6. The Hall–Kier alpha value is -3.72. The van der Waals surface area contributed by atoms with Crippen LogP contribution in [0.4, 0.5) is 5.69 Å². The summed E-state index contributed by atoms with van der Waals surface area (Å²) in [6.45, 7) is 7.90. The molecule has 0 saturated carbocycles. The minimum atomic E-state index is -1.82. The lowest BCUT2D eigenvalue weighted by molar-refractivity contribution is -0.159. The Labute approximate surface area is 199 Å². The Balaban J connectivity index is 0.000000852. The van der Waals surface area contributed by atoms with Crippen molar-refractivity contribution in [2.45, 2.75) is 32.6 Å². The van der Waals surface area contributed by atoms with E-state index in [-0.39, 0.29) is 17.2 Å². The lowest BCUT2D eigenvalue weighted by Gasteiger charge is -2.19. The molecule has 0 aromatic heterocycles. The van der Waals surface area contributed by atoms with Crippen LogP contribution >= 0.6 is 0 Å². The summed E-state index contributed by atoms with van der Waals surface area (Å²) < 4.78 is 0. The molecule has 0 fully saturated rings. The zero-order valence-electron chi connectivity index (χ0n) is 20.2. The van der Waals surface area contributed by atoms with Gasteiger partial charge in [0.1, 0.15) is 0 Å². The molecule has 9 nitrogen and oxygen atoms in total. The molecule has 0 saturated heterocycles. The van der Waals surface area contributed by atoms with Crippen molar-refractivity contribution in [3.8, 4) is 0 Å². The number of nitrogens with zero attached hydrogens (tertiary/aromatic N) is 1. The Kier molecular flexibility index (Phi) is 10.9. The Morgan fingerprint density at radius 2 is 1.41 bits per heavy atom. The molecule has 0 bridgehead atoms. The van der Waals surface area contributed by atoms with Gasteiger partial charge in [-0.2, -0.15) is 0 Å². The van der Waals surface area contributed by atoms with Crippen LogP contribution in [0.2, 0.25) is 0 Å². The summed E-state index contributed by atoms with van der Waals surface area (Å²) in [6.07, 6.45) is 0.868. The number of nitrogens with one attached hydrogen (secondary N) is 2. The molecule has 2 aromatic carbocycles. The number of carboxylic acids is 2. The topological polar surface area (TPSA) is 136 Å². The van der Waals surface area contributed by atoms with E-state index in [0.29, 0.717) is 23.4 Å². The first-order valence-electron chi connectivity index (χ1n) is 10.7. The molecule has 0 radical (unpaired) electrons. The van der Waals surface area contributed by atoms with Crippen LogP contribution < -0.4 is 10.6 Å². The van der Waals surface area contributed by atoms with Crippen molar-refractivity contribution in [3.05, 3.63) is 65.2 Å². The van der Waals surface area contributed by atoms with Gasteiger partial charge >= 0.3 is 11.9 Å². The van der Waals surface area contributed by atoms with Gasteiger partial charge in [0.25, 0.3) is 11.8 Å². The van der Waals surface area contributed by atoms with E-state index in [1.165, 1.54) is 5.56 Å². The summed E-state index contributed by atoms with van der Waals surface area (Å²) in [5.41, 5.74) is 2.74. The summed E-state index contributed by atoms with van der Waals surface area (Å²) in [5, 5.41) is 20.6. The number of aliphatic carboxylic acids is 2. The molecule has 34 heavy (non-hydrogen) atoms. The SMILES string of the molecule is CN(C)CCCNC(=O)c1ccccc1NC(=O)c1ccc(C(C)(C)C)cc1.O=C(O)C(=O)O. The van der Waals surface area contributed by atoms with Crippen LogP contribution in [-0.4, -0.2) is 66.1 Å². The van der Waals surface area contributed by atoms with Crippen LogP contribution in [0, 0.1) is 0 Å². The average Bonchev–Trinajstić information content (AvgIpc) is 2.76. The molecule has 4 N–H and O–H groups in total. The monoisotopic (exact) mass is 471 g/mol. The number of hydrogen-bond acceptors (Lipinski definition) is 5. The van der Waals surface area contributed by atoms with Gasteiger partial charge in [0, 0.05) is 12.1 Å². The fraction of sp³-hybridized carbons (Fsp3) is 0.360. The highest BCUT2D eigenvalue weighted by Gasteiger charge is 2.16. The summed E-state index contributed by atoms with van der Waals surface area (Å²) in [5.74, 6) is -4.06. The molecule has 0 atom stereocenters. The second kappa shape index (κ2) is 13.1. The van der Waals surface area contributed by atoms with Crippen molar-refractivity contribution in [1.82, 2.24) is 10.2 Å².